The number of benzene rings is 1. The highest BCUT2D eigenvalue weighted by Crippen LogP contribution is 2.13. The Morgan fingerprint density at radius 3 is 2.42 bits per heavy atom. The quantitative estimate of drug-likeness (QED) is 0.865. The lowest BCUT2D eigenvalue weighted by Crippen LogP contribution is -2.14. The predicted molar refractivity (Wildman–Crippen MR) is 78.4 cm³/mol. The molecule has 0 aliphatic heterocycles. The second-order valence-corrected chi connectivity index (χ2v) is 4.88. The fourth-order valence-corrected chi connectivity index (χ4v) is 2.17. The molecule has 1 heterocycles. The van der Waals surface area contributed by atoms with Gasteiger partial charge in [0.1, 0.15) is 0 Å². The molecule has 19 heavy (non-hydrogen) atoms. The molecule has 2 N–H and O–H groups in total. The van der Waals surface area contributed by atoms with Crippen LogP contribution >= 0.6 is 0 Å². The first kappa shape index (κ1) is 13.4. The molecule has 3 nitrogen and oxygen atoms in total. The van der Waals surface area contributed by atoms with E-state index >= 15 is 0 Å². The van der Waals surface area contributed by atoms with E-state index in [9.17, 15) is 4.79 Å². The van der Waals surface area contributed by atoms with E-state index in [1.165, 1.54) is 5.56 Å². The molecule has 1 aromatic carbocycles. The molecule has 1 amide bonds. The molecule has 0 bridgehead atoms. The van der Waals surface area contributed by atoms with Crippen LogP contribution in [0, 0.1) is 13.8 Å². The number of aromatic nitrogens is 1. The van der Waals surface area contributed by atoms with Crippen LogP contribution < -0.4 is 5.32 Å². The van der Waals surface area contributed by atoms with E-state index in [0.29, 0.717) is 6.42 Å². The van der Waals surface area contributed by atoms with E-state index < -0.39 is 0 Å². The van der Waals surface area contributed by atoms with Gasteiger partial charge in [-0.1, -0.05) is 19.1 Å². The minimum absolute atomic E-state index is 0.0198. The van der Waals surface area contributed by atoms with Gasteiger partial charge in [0.2, 0.25) is 5.91 Å². The summed E-state index contributed by atoms with van der Waals surface area (Å²) in [4.78, 5) is 15.2. The standard InChI is InChI=1S/C16H20N2O/c1-4-13-5-7-15(8-6-13)18-16(19)10-14-9-11(2)17-12(14)3/h5-9,17H,4,10H2,1-3H3,(H,18,19). The van der Waals surface area contributed by atoms with Crippen LogP contribution in [0.5, 0.6) is 0 Å². The number of anilines is 1. The molecule has 2 aromatic rings. The number of carbonyl (C=O) groups is 1. The zero-order chi connectivity index (χ0) is 13.8. The third-order valence-electron chi connectivity index (χ3n) is 3.25. The van der Waals surface area contributed by atoms with Crippen molar-refractivity contribution in [2.75, 3.05) is 5.32 Å². The van der Waals surface area contributed by atoms with E-state index in [-0.39, 0.29) is 5.91 Å². The molecule has 100 valence electrons. The largest absolute Gasteiger partial charge is 0.362 e. The molecule has 0 unspecified atom stereocenters. The van der Waals surface area contributed by atoms with Gasteiger partial charge in [0.15, 0.2) is 0 Å². The van der Waals surface area contributed by atoms with Gasteiger partial charge in [-0.25, -0.2) is 0 Å². The van der Waals surface area contributed by atoms with Crippen molar-refractivity contribution < 1.29 is 4.79 Å². The molecule has 0 saturated carbocycles. The first-order valence-corrected chi connectivity index (χ1v) is 6.62. The number of carbonyl (C=O) groups excluding carboxylic acids is 1. The summed E-state index contributed by atoms with van der Waals surface area (Å²) in [6, 6.07) is 10.0. The number of hydrogen-bond acceptors (Lipinski definition) is 1. The first-order valence-electron chi connectivity index (χ1n) is 6.62. The normalized spacial score (nSPS) is 10.5. The molecule has 0 spiro atoms. The van der Waals surface area contributed by atoms with Crippen LogP contribution in [-0.2, 0) is 17.6 Å². The lowest BCUT2D eigenvalue weighted by Gasteiger charge is -2.06. The van der Waals surface area contributed by atoms with Gasteiger partial charge in [-0.15, -0.1) is 0 Å². The van der Waals surface area contributed by atoms with E-state index in [0.717, 1.165) is 29.1 Å². The van der Waals surface area contributed by atoms with E-state index in [1.54, 1.807) is 0 Å². The molecule has 0 saturated heterocycles. The van der Waals surface area contributed by atoms with Gasteiger partial charge in [-0.05, 0) is 49.6 Å². The minimum Gasteiger partial charge on any atom is -0.362 e. The second-order valence-electron chi connectivity index (χ2n) is 4.88. The minimum atomic E-state index is 0.0198. The van der Waals surface area contributed by atoms with Gasteiger partial charge in [0, 0.05) is 17.1 Å². The van der Waals surface area contributed by atoms with Crippen molar-refractivity contribution in [3.8, 4) is 0 Å². The zero-order valence-corrected chi connectivity index (χ0v) is 11.7. The summed E-state index contributed by atoms with van der Waals surface area (Å²) in [6.07, 6.45) is 1.42. The third-order valence-corrected chi connectivity index (χ3v) is 3.25. The Labute approximate surface area is 114 Å². The van der Waals surface area contributed by atoms with Gasteiger partial charge in [0.05, 0.1) is 6.42 Å². The van der Waals surface area contributed by atoms with Gasteiger partial charge in [-0.2, -0.15) is 0 Å². The summed E-state index contributed by atoms with van der Waals surface area (Å²) < 4.78 is 0. The number of amides is 1. The summed E-state index contributed by atoms with van der Waals surface area (Å²) in [7, 11) is 0. The molecule has 0 fully saturated rings. The summed E-state index contributed by atoms with van der Waals surface area (Å²) in [5, 5.41) is 2.93. The highest BCUT2D eigenvalue weighted by atomic mass is 16.1. The molecule has 0 radical (unpaired) electrons. The third kappa shape index (κ3) is 3.47. The topological polar surface area (TPSA) is 44.9 Å². The van der Waals surface area contributed by atoms with E-state index in [1.807, 2.05) is 44.2 Å². The monoisotopic (exact) mass is 256 g/mol. The maximum Gasteiger partial charge on any atom is 0.228 e. The highest BCUT2D eigenvalue weighted by molar-refractivity contribution is 5.92. The Balaban J connectivity index is 1.99. The van der Waals surface area contributed by atoms with Crippen molar-refractivity contribution in [2.45, 2.75) is 33.6 Å². The average Bonchev–Trinajstić information content (AvgIpc) is 2.68. The van der Waals surface area contributed by atoms with Crippen LogP contribution in [0.2, 0.25) is 0 Å². The van der Waals surface area contributed by atoms with Crippen molar-refractivity contribution in [2.24, 2.45) is 0 Å². The number of hydrogen-bond donors (Lipinski definition) is 2. The van der Waals surface area contributed by atoms with Gasteiger partial charge in [0.25, 0.3) is 0 Å². The number of nitrogens with one attached hydrogen (secondary N) is 2. The first-order chi connectivity index (χ1) is 9.08. The lowest BCUT2D eigenvalue weighted by molar-refractivity contribution is -0.115. The fourth-order valence-electron chi connectivity index (χ4n) is 2.17. The molecular weight excluding hydrogens is 236 g/mol. The van der Waals surface area contributed by atoms with Crippen LogP contribution in [0.1, 0.15) is 29.4 Å². The molecular formula is C16H20N2O. The number of H-pyrrole nitrogens is 1. The van der Waals surface area contributed by atoms with Crippen LogP contribution in [0.4, 0.5) is 5.69 Å². The second kappa shape index (κ2) is 5.74. The molecule has 3 heteroatoms. The SMILES string of the molecule is CCc1ccc(NC(=O)Cc2cc(C)[nH]c2C)cc1. The Bertz CT molecular complexity index is 567. The maximum atomic E-state index is 12.0. The fraction of sp³-hybridized carbons (Fsp3) is 0.312. The van der Waals surface area contributed by atoms with Crippen molar-refractivity contribution in [1.82, 2.24) is 4.98 Å². The van der Waals surface area contributed by atoms with Gasteiger partial charge < -0.3 is 10.3 Å². The molecule has 0 aliphatic rings. The Hall–Kier alpha value is -2.03. The number of aromatic amines is 1. The predicted octanol–water partition coefficient (Wildman–Crippen LogP) is 3.38. The summed E-state index contributed by atoms with van der Waals surface area (Å²) >= 11 is 0. The molecule has 0 aliphatic carbocycles. The van der Waals surface area contributed by atoms with Crippen LogP contribution in [0.15, 0.2) is 30.3 Å². The van der Waals surface area contributed by atoms with Crippen LogP contribution in [-0.4, -0.2) is 10.9 Å². The van der Waals surface area contributed by atoms with Crippen molar-refractivity contribution in [3.05, 3.63) is 52.8 Å². The maximum absolute atomic E-state index is 12.0. The molecule has 1 aromatic heterocycles. The number of rotatable bonds is 4. The molecule has 2 rings (SSSR count). The highest BCUT2D eigenvalue weighted by Gasteiger charge is 2.08. The number of aryl methyl sites for hydroxylation is 3. The van der Waals surface area contributed by atoms with Crippen molar-refractivity contribution >= 4 is 11.6 Å². The van der Waals surface area contributed by atoms with Crippen LogP contribution in [0.25, 0.3) is 0 Å². The zero-order valence-electron chi connectivity index (χ0n) is 11.7. The summed E-state index contributed by atoms with van der Waals surface area (Å²) in [5.74, 6) is 0.0198. The van der Waals surface area contributed by atoms with E-state index in [2.05, 4.69) is 17.2 Å². The van der Waals surface area contributed by atoms with Crippen molar-refractivity contribution in [3.63, 3.8) is 0 Å². The summed E-state index contributed by atoms with van der Waals surface area (Å²) in [5.41, 5.74) is 5.34. The summed E-state index contributed by atoms with van der Waals surface area (Å²) in [6.45, 7) is 6.11. The average molecular weight is 256 g/mol. The lowest BCUT2D eigenvalue weighted by atomic mass is 10.1. The Morgan fingerprint density at radius 2 is 1.89 bits per heavy atom. The van der Waals surface area contributed by atoms with Gasteiger partial charge >= 0.3 is 0 Å². The van der Waals surface area contributed by atoms with Gasteiger partial charge in [-0.3, -0.25) is 4.79 Å². The Kier molecular flexibility index (Phi) is 4.05. The molecule has 0 atom stereocenters. The van der Waals surface area contributed by atoms with Crippen LogP contribution in [0.3, 0.4) is 0 Å². The van der Waals surface area contributed by atoms with E-state index in [4.69, 9.17) is 0 Å². The Morgan fingerprint density at radius 1 is 1.21 bits per heavy atom. The smallest absolute Gasteiger partial charge is 0.228 e. The van der Waals surface area contributed by atoms with Crippen molar-refractivity contribution in [1.29, 1.82) is 0 Å².